The molecule has 5 rings (SSSR count). The monoisotopic (exact) mass is 480 g/mol. The van der Waals surface area contributed by atoms with Crippen LogP contribution in [-0.2, 0) is 23.1 Å². The Labute approximate surface area is 199 Å². The summed E-state index contributed by atoms with van der Waals surface area (Å²) in [7, 11) is 1.58. The topological polar surface area (TPSA) is 132 Å². The first-order valence-corrected chi connectivity index (χ1v) is 11.2. The summed E-state index contributed by atoms with van der Waals surface area (Å²) in [5.74, 6) is 0.251. The van der Waals surface area contributed by atoms with E-state index in [1.807, 2.05) is 0 Å². The smallest absolute Gasteiger partial charge is 0.414 e. The minimum atomic E-state index is -0.981. The maximum atomic E-state index is 12.8. The molecule has 11 heteroatoms. The highest BCUT2D eigenvalue weighted by Crippen LogP contribution is 2.33. The van der Waals surface area contributed by atoms with Crippen molar-refractivity contribution in [3.05, 3.63) is 63.3 Å². The van der Waals surface area contributed by atoms with Crippen molar-refractivity contribution >= 4 is 34.3 Å². The Kier molecular flexibility index (Phi) is 5.77. The van der Waals surface area contributed by atoms with Crippen LogP contribution in [0.3, 0.4) is 0 Å². The van der Waals surface area contributed by atoms with E-state index >= 15 is 0 Å². The molecule has 3 heterocycles. The van der Waals surface area contributed by atoms with Crippen LogP contribution in [0.25, 0.3) is 10.9 Å². The minimum Gasteiger partial charge on any atom is -0.482 e. The molecule has 2 amide bonds. The standard InChI is InChI=1S/C24H24N4O7/c1-26-19-5-3-2-4-17(19)22(31)28(23(26)32)11-15(29)7-8-16-12-27(24(33)35-16)14-6-9-20-18(10-14)25-21(30)13-34-20/h2-6,9-10,15-16,29H,7-8,11-13H2,1H3,(H,25,30)/t15?,16-/m0/s1. The number of aliphatic hydroxyl groups excluding tert-OH is 1. The van der Waals surface area contributed by atoms with Gasteiger partial charge in [0.1, 0.15) is 11.9 Å². The number of amides is 2. The number of ether oxygens (including phenoxy) is 2. The number of para-hydroxylation sites is 1. The molecule has 3 aromatic rings. The van der Waals surface area contributed by atoms with Crippen molar-refractivity contribution < 1.29 is 24.2 Å². The second-order valence-electron chi connectivity index (χ2n) is 8.64. The van der Waals surface area contributed by atoms with Crippen LogP contribution >= 0.6 is 0 Å². The lowest BCUT2D eigenvalue weighted by Gasteiger charge is -2.20. The van der Waals surface area contributed by atoms with E-state index in [1.165, 1.54) is 9.47 Å². The van der Waals surface area contributed by atoms with E-state index in [9.17, 15) is 24.3 Å². The van der Waals surface area contributed by atoms with Crippen LogP contribution in [0.2, 0.25) is 0 Å². The average Bonchev–Trinajstić information content (AvgIpc) is 3.24. The van der Waals surface area contributed by atoms with Crippen molar-refractivity contribution in [2.24, 2.45) is 7.05 Å². The number of carbonyl (C=O) groups is 2. The third kappa shape index (κ3) is 4.26. The number of anilines is 2. The summed E-state index contributed by atoms with van der Waals surface area (Å²) in [5.41, 5.74) is 0.598. The lowest BCUT2D eigenvalue weighted by Crippen LogP contribution is -2.41. The summed E-state index contributed by atoms with van der Waals surface area (Å²) in [4.78, 5) is 50.9. The van der Waals surface area contributed by atoms with Gasteiger partial charge in [-0.25, -0.2) is 9.59 Å². The molecule has 1 fully saturated rings. The van der Waals surface area contributed by atoms with Crippen molar-refractivity contribution in [2.45, 2.75) is 31.6 Å². The highest BCUT2D eigenvalue weighted by atomic mass is 16.6. The van der Waals surface area contributed by atoms with Crippen LogP contribution in [0.5, 0.6) is 5.75 Å². The van der Waals surface area contributed by atoms with E-state index in [-0.39, 0.29) is 32.0 Å². The number of rotatable bonds is 6. The number of benzene rings is 2. The fourth-order valence-electron chi connectivity index (χ4n) is 4.43. The second kappa shape index (κ2) is 8.91. The molecule has 2 atom stereocenters. The van der Waals surface area contributed by atoms with Crippen LogP contribution < -0.4 is 26.2 Å². The zero-order chi connectivity index (χ0) is 24.7. The van der Waals surface area contributed by atoms with Gasteiger partial charge in [0.05, 0.1) is 35.8 Å². The lowest BCUT2D eigenvalue weighted by molar-refractivity contribution is -0.118. The van der Waals surface area contributed by atoms with Gasteiger partial charge in [0.25, 0.3) is 11.5 Å². The molecular formula is C24H24N4O7. The molecule has 1 saturated heterocycles. The number of fused-ring (bicyclic) bond motifs is 2. The van der Waals surface area contributed by atoms with Crippen LogP contribution in [0, 0.1) is 0 Å². The first-order valence-electron chi connectivity index (χ1n) is 11.2. The number of hydrogen-bond donors (Lipinski definition) is 2. The molecule has 2 aromatic carbocycles. The maximum Gasteiger partial charge on any atom is 0.414 e. The number of aryl methyl sites for hydroxylation is 1. The Morgan fingerprint density at radius 1 is 1.14 bits per heavy atom. The van der Waals surface area contributed by atoms with Gasteiger partial charge >= 0.3 is 11.8 Å². The predicted octanol–water partition coefficient (Wildman–Crippen LogP) is 1.20. The van der Waals surface area contributed by atoms with E-state index in [0.29, 0.717) is 34.4 Å². The number of nitrogens with one attached hydrogen (secondary N) is 1. The van der Waals surface area contributed by atoms with Gasteiger partial charge in [0.2, 0.25) is 0 Å². The lowest BCUT2D eigenvalue weighted by atomic mass is 10.1. The van der Waals surface area contributed by atoms with E-state index in [1.54, 1.807) is 49.5 Å². The fraction of sp³-hybridized carbons (Fsp3) is 0.333. The normalized spacial score (nSPS) is 18.1. The Morgan fingerprint density at radius 3 is 2.77 bits per heavy atom. The van der Waals surface area contributed by atoms with Crippen LogP contribution in [0.15, 0.2) is 52.1 Å². The molecule has 0 radical (unpaired) electrons. The molecular weight excluding hydrogens is 456 g/mol. The summed E-state index contributed by atoms with van der Waals surface area (Å²) >= 11 is 0. The molecule has 0 bridgehead atoms. The van der Waals surface area contributed by atoms with Gasteiger partial charge in [0, 0.05) is 12.7 Å². The zero-order valence-electron chi connectivity index (χ0n) is 19.0. The van der Waals surface area contributed by atoms with Gasteiger partial charge in [-0.2, -0.15) is 0 Å². The molecule has 35 heavy (non-hydrogen) atoms. The minimum absolute atomic E-state index is 0.0556. The summed E-state index contributed by atoms with van der Waals surface area (Å²) in [6.45, 7) is 0.0436. The number of hydrogen-bond acceptors (Lipinski definition) is 7. The first-order chi connectivity index (χ1) is 16.8. The summed E-state index contributed by atoms with van der Waals surface area (Å²) in [6.07, 6.45) is -1.42. The zero-order valence-corrected chi connectivity index (χ0v) is 19.0. The third-order valence-electron chi connectivity index (χ3n) is 6.26. The maximum absolute atomic E-state index is 12.8. The van der Waals surface area contributed by atoms with Gasteiger partial charge in [-0.3, -0.25) is 23.6 Å². The van der Waals surface area contributed by atoms with Gasteiger partial charge in [-0.1, -0.05) is 12.1 Å². The second-order valence-corrected chi connectivity index (χ2v) is 8.64. The van der Waals surface area contributed by atoms with E-state index in [4.69, 9.17) is 9.47 Å². The molecule has 2 aliphatic rings. The quantitative estimate of drug-likeness (QED) is 0.542. The Morgan fingerprint density at radius 2 is 1.94 bits per heavy atom. The Balaban J connectivity index is 1.24. The highest BCUT2D eigenvalue weighted by molar-refractivity contribution is 5.97. The van der Waals surface area contributed by atoms with E-state index in [2.05, 4.69) is 5.32 Å². The van der Waals surface area contributed by atoms with Gasteiger partial charge < -0.3 is 19.9 Å². The molecule has 0 aliphatic carbocycles. The molecule has 11 nitrogen and oxygen atoms in total. The number of aliphatic hydroxyl groups is 1. The highest BCUT2D eigenvalue weighted by Gasteiger charge is 2.33. The van der Waals surface area contributed by atoms with Crippen molar-refractivity contribution in [1.82, 2.24) is 9.13 Å². The van der Waals surface area contributed by atoms with Crippen LogP contribution in [-0.4, -0.2) is 51.6 Å². The average molecular weight is 480 g/mol. The summed E-state index contributed by atoms with van der Waals surface area (Å²) in [5, 5.41) is 13.7. The predicted molar refractivity (Wildman–Crippen MR) is 127 cm³/mol. The molecule has 2 aliphatic heterocycles. The van der Waals surface area contributed by atoms with E-state index in [0.717, 1.165) is 4.57 Å². The van der Waals surface area contributed by atoms with Gasteiger partial charge in [-0.15, -0.1) is 0 Å². The van der Waals surface area contributed by atoms with Crippen molar-refractivity contribution in [2.75, 3.05) is 23.4 Å². The molecule has 182 valence electrons. The van der Waals surface area contributed by atoms with Gasteiger partial charge in [0.15, 0.2) is 6.61 Å². The SMILES string of the molecule is Cn1c(=O)n(CC(O)CC[C@H]2CN(c3ccc4c(c3)NC(=O)CO4)C(=O)O2)c(=O)c2ccccc21. The molecule has 2 N–H and O–H groups in total. The van der Waals surface area contributed by atoms with Crippen molar-refractivity contribution in [3.8, 4) is 5.75 Å². The number of cyclic esters (lactones) is 1. The van der Waals surface area contributed by atoms with Crippen LogP contribution in [0.4, 0.5) is 16.2 Å². The molecule has 1 unspecified atom stereocenters. The van der Waals surface area contributed by atoms with Crippen molar-refractivity contribution in [3.63, 3.8) is 0 Å². The Bertz CT molecular complexity index is 1440. The molecule has 0 spiro atoms. The Hall–Kier alpha value is -4.12. The third-order valence-corrected chi connectivity index (χ3v) is 6.26. The molecule has 0 saturated carbocycles. The summed E-state index contributed by atoms with van der Waals surface area (Å²) < 4.78 is 13.2. The number of aromatic nitrogens is 2. The molecule has 1 aromatic heterocycles. The number of carbonyl (C=O) groups excluding carboxylic acids is 2. The van der Waals surface area contributed by atoms with Crippen molar-refractivity contribution in [1.29, 1.82) is 0 Å². The fourth-order valence-corrected chi connectivity index (χ4v) is 4.43. The van der Waals surface area contributed by atoms with E-state index < -0.39 is 29.6 Å². The largest absolute Gasteiger partial charge is 0.482 e. The number of nitrogens with zero attached hydrogens (tertiary/aromatic N) is 3. The van der Waals surface area contributed by atoms with Gasteiger partial charge in [-0.05, 0) is 43.2 Å². The summed E-state index contributed by atoms with van der Waals surface area (Å²) in [6, 6.07) is 11.8. The van der Waals surface area contributed by atoms with Crippen LogP contribution in [0.1, 0.15) is 12.8 Å². The first kappa shape index (κ1) is 22.7.